The van der Waals surface area contributed by atoms with Crippen LogP contribution in [-0.2, 0) is 6.42 Å². The monoisotopic (exact) mass is 255 g/mol. The van der Waals surface area contributed by atoms with E-state index in [1.165, 1.54) is 32.4 Å². The summed E-state index contributed by atoms with van der Waals surface area (Å²) in [4.78, 5) is 7.25. The van der Waals surface area contributed by atoms with E-state index >= 15 is 0 Å². The van der Waals surface area contributed by atoms with E-state index in [1.54, 1.807) is 0 Å². The summed E-state index contributed by atoms with van der Waals surface area (Å²) in [6.07, 6.45) is 5.06. The number of rotatable bonds is 3. The number of nitrogen functional groups attached to an aromatic ring is 1. The lowest BCUT2D eigenvalue weighted by atomic mass is 10.1. The van der Waals surface area contributed by atoms with Gasteiger partial charge in [0.1, 0.15) is 0 Å². The van der Waals surface area contributed by atoms with E-state index in [2.05, 4.69) is 4.90 Å². The Labute approximate surface area is 114 Å². The van der Waals surface area contributed by atoms with Gasteiger partial charge in [-0.05, 0) is 38.1 Å². The second-order valence-electron chi connectivity index (χ2n) is 5.37. The average molecular weight is 255 g/mol. The molecular formula is C16H21N3. The topological polar surface area (TPSA) is 42.1 Å². The number of nitrogens with two attached hydrogens (primary N) is 1. The van der Waals surface area contributed by atoms with Gasteiger partial charge in [0.05, 0.1) is 5.52 Å². The fourth-order valence-corrected chi connectivity index (χ4v) is 2.84. The van der Waals surface area contributed by atoms with Gasteiger partial charge in [0.15, 0.2) is 0 Å². The summed E-state index contributed by atoms with van der Waals surface area (Å²) in [5, 5.41) is 1.06. The molecule has 0 unspecified atom stereocenters. The van der Waals surface area contributed by atoms with Crippen LogP contribution < -0.4 is 5.73 Å². The molecule has 0 spiro atoms. The minimum Gasteiger partial charge on any atom is -0.398 e. The van der Waals surface area contributed by atoms with Gasteiger partial charge in [-0.2, -0.15) is 0 Å². The molecule has 2 N–H and O–H groups in total. The maximum atomic E-state index is 6.11. The van der Waals surface area contributed by atoms with Crippen LogP contribution in [0.15, 0.2) is 30.3 Å². The van der Waals surface area contributed by atoms with Crippen LogP contribution in [0.3, 0.4) is 0 Å². The van der Waals surface area contributed by atoms with Gasteiger partial charge in [-0.3, -0.25) is 4.98 Å². The first-order chi connectivity index (χ1) is 9.33. The van der Waals surface area contributed by atoms with E-state index in [9.17, 15) is 0 Å². The van der Waals surface area contributed by atoms with Gasteiger partial charge in [0.25, 0.3) is 0 Å². The summed E-state index contributed by atoms with van der Waals surface area (Å²) in [5.74, 6) is 0. The molecule has 0 bridgehead atoms. The summed E-state index contributed by atoms with van der Waals surface area (Å²) in [5.41, 5.74) is 9.08. The first kappa shape index (κ1) is 12.4. The Morgan fingerprint density at radius 1 is 1.11 bits per heavy atom. The molecule has 0 radical (unpaired) electrons. The van der Waals surface area contributed by atoms with Crippen LogP contribution in [-0.4, -0.2) is 29.5 Å². The molecule has 0 saturated carbocycles. The average Bonchev–Trinajstić information content (AvgIpc) is 2.46. The fourth-order valence-electron chi connectivity index (χ4n) is 2.84. The molecule has 100 valence electrons. The molecule has 2 aromatic rings. The van der Waals surface area contributed by atoms with Crippen LogP contribution in [0.25, 0.3) is 10.9 Å². The van der Waals surface area contributed by atoms with Crippen molar-refractivity contribution in [2.45, 2.75) is 25.7 Å². The molecule has 1 aromatic carbocycles. The number of fused-ring (bicyclic) bond motifs is 1. The number of aromatic nitrogens is 1. The number of hydrogen-bond donors (Lipinski definition) is 1. The Balaban J connectivity index is 1.73. The molecule has 3 heteroatoms. The van der Waals surface area contributed by atoms with Gasteiger partial charge in [-0.15, -0.1) is 0 Å². The van der Waals surface area contributed by atoms with Crippen LogP contribution in [0.1, 0.15) is 25.0 Å². The largest absolute Gasteiger partial charge is 0.398 e. The zero-order valence-corrected chi connectivity index (χ0v) is 11.3. The van der Waals surface area contributed by atoms with E-state index in [0.717, 1.165) is 35.2 Å². The third-order valence-electron chi connectivity index (χ3n) is 3.93. The van der Waals surface area contributed by atoms with Crippen molar-refractivity contribution in [1.82, 2.24) is 9.88 Å². The Morgan fingerprint density at radius 2 is 1.89 bits per heavy atom. The maximum Gasteiger partial charge on any atom is 0.0725 e. The van der Waals surface area contributed by atoms with Crippen LogP contribution in [0, 0.1) is 0 Å². The lowest BCUT2D eigenvalue weighted by molar-refractivity contribution is 0.231. The molecule has 1 fully saturated rings. The molecule has 19 heavy (non-hydrogen) atoms. The lowest BCUT2D eigenvalue weighted by Gasteiger charge is -2.26. The highest BCUT2D eigenvalue weighted by Crippen LogP contribution is 2.20. The van der Waals surface area contributed by atoms with Crippen molar-refractivity contribution in [1.29, 1.82) is 0 Å². The zero-order chi connectivity index (χ0) is 13.1. The Bertz CT molecular complexity index is 559. The molecule has 1 aliphatic heterocycles. The summed E-state index contributed by atoms with van der Waals surface area (Å²) in [7, 11) is 0. The van der Waals surface area contributed by atoms with Crippen molar-refractivity contribution in [2.24, 2.45) is 0 Å². The van der Waals surface area contributed by atoms with Gasteiger partial charge >= 0.3 is 0 Å². The standard InChI is InChI=1S/C16H21N3/c17-15-12-13(8-11-19-9-4-1-5-10-19)18-16-7-3-2-6-14(15)16/h2-3,6-7,12H,1,4-5,8-11H2,(H2,17,18). The number of benzene rings is 1. The first-order valence-corrected chi connectivity index (χ1v) is 7.19. The van der Waals surface area contributed by atoms with Gasteiger partial charge in [0.2, 0.25) is 0 Å². The molecule has 0 atom stereocenters. The van der Waals surface area contributed by atoms with E-state index in [1.807, 2.05) is 30.3 Å². The van der Waals surface area contributed by atoms with E-state index in [-0.39, 0.29) is 0 Å². The number of pyridine rings is 1. The third kappa shape index (κ3) is 2.87. The molecule has 1 aliphatic rings. The van der Waals surface area contributed by atoms with Crippen molar-refractivity contribution < 1.29 is 0 Å². The molecule has 2 heterocycles. The quantitative estimate of drug-likeness (QED) is 0.917. The summed E-state index contributed by atoms with van der Waals surface area (Å²) < 4.78 is 0. The molecule has 3 nitrogen and oxygen atoms in total. The fraction of sp³-hybridized carbons (Fsp3) is 0.438. The Morgan fingerprint density at radius 3 is 2.74 bits per heavy atom. The predicted molar refractivity (Wildman–Crippen MR) is 80.2 cm³/mol. The number of anilines is 1. The van der Waals surface area contributed by atoms with E-state index in [0.29, 0.717) is 0 Å². The molecule has 3 rings (SSSR count). The van der Waals surface area contributed by atoms with Gasteiger partial charge in [0, 0.05) is 29.7 Å². The smallest absolute Gasteiger partial charge is 0.0725 e. The number of nitrogens with zero attached hydrogens (tertiary/aromatic N) is 2. The first-order valence-electron chi connectivity index (χ1n) is 7.19. The molecule has 0 amide bonds. The maximum absolute atomic E-state index is 6.11. The van der Waals surface area contributed by atoms with Crippen molar-refractivity contribution in [3.63, 3.8) is 0 Å². The normalized spacial score (nSPS) is 16.8. The van der Waals surface area contributed by atoms with Gasteiger partial charge in [-0.1, -0.05) is 24.6 Å². The summed E-state index contributed by atoms with van der Waals surface area (Å²) in [6, 6.07) is 10.1. The Hall–Kier alpha value is -1.61. The number of hydrogen-bond acceptors (Lipinski definition) is 3. The van der Waals surface area contributed by atoms with Crippen LogP contribution in [0.4, 0.5) is 5.69 Å². The van der Waals surface area contributed by atoms with Crippen molar-refractivity contribution in [3.8, 4) is 0 Å². The van der Waals surface area contributed by atoms with Crippen molar-refractivity contribution >= 4 is 16.6 Å². The van der Waals surface area contributed by atoms with Gasteiger partial charge < -0.3 is 10.6 Å². The highest BCUT2D eigenvalue weighted by Gasteiger charge is 2.10. The SMILES string of the molecule is Nc1cc(CCN2CCCCC2)nc2ccccc12. The molecule has 1 aromatic heterocycles. The highest BCUT2D eigenvalue weighted by atomic mass is 15.1. The molecule has 0 aliphatic carbocycles. The summed E-state index contributed by atoms with van der Waals surface area (Å²) >= 11 is 0. The minimum absolute atomic E-state index is 0.847. The summed E-state index contributed by atoms with van der Waals surface area (Å²) in [6.45, 7) is 3.58. The van der Waals surface area contributed by atoms with Crippen molar-refractivity contribution in [3.05, 3.63) is 36.0 Å². The van der Waals surface area contributed by atoms with Crippen molar-refractivity contribution in [2.75, 3.05) is 25.4 Å². The number of likely N-dealkylation sites (tertiary alicyclic amines) is 1. The van der Waals surface area contributed by atoms with E-state index < -0.39 is 0 Å². The number of piperidine rings is 1. The van der Waals surface area contributed by atoms with Gasteiger partial charge in [-0.25, -0.2) is 0 Å². The van der Waals surface area contributed by atoms with Crippen LogP contribution in [0.2, 0.25) is 0 Å². The second-order valence-corrected chi connectivity index (χ2v) is 5.37. The second kappa shape index (κ2) is 5.57. The molecule has 1 saturated heterocycles. The number of para-hydroxylation sites is 1. The molecular weight excluding hydrogens is 234 g/mol. The highest BCUT2D eigenvalue weighted by molar-refractivity contribution is 5.90. The van der Waals surface area contributed by atoms with Crippen LogP contribution >= 0.6 is 0 Å². The lowest BCUT2D eigenvalue weighted by Crippen LogP contribution is -2.31. The minimum atomic E-state index is 0.847. The Kier molecular flexibility index (Phi) is 3.65. The van der Waals surface area contributed by atoms with Crippen LogP contribution in [0.5, 0.6) is 0 Å². The third-order valence-corrected chi connectivity index (χ3v) is 3.93. The zero-order valence-electron chi connectivity index (χ0n) is 11.3. The predicted octanol–water partition coefficient (Wildman–Crippen LogP) is 2.85. The van der Waals surface area contributed by atoms with E-state index in [4.69, 9.17) is 10.7 Å².